The highest BCUT2D eigenvalue weighted by atomic mass is 79.9. The fourth-order valence-corrected chi connectivity index (χ4v) is 3.43. The van der Waals surface area contributed by atoms with E-state index in [0.717, 1.165) is 11.9 Å². The lowest BCUT2D eigenvalue weighted by Gasteiger charge is -2.28. The fraction of sp³-hybridized carbons (Fsp3) is 1.00. The van der Waals surface area contributed by atoms with Crippen LogP contribution in [0.5, 0.6) is 0 Å². The quantitative estimate of drug-likeness (QED) is 0.414. The molecular formula is C15H29BrO. The lowest BCUT2D eigenvalue weighted by molar-refractivity contribution is 0.00523. The first-order valence-electron chi connectivity index (χ1n) is 7.40. The summed E-state index contributed by atoms with van der Waals surface area (Å²) in [5.74, 6) is 0. The Bertz CT molecular complexity index is 187. The molecular weight excluding hydrogens is 276 g/mol. The van der Waals surface area contributed by atoms with Crippen molar-refractivity contribution in [1.82, 2.24) is 0 Å². The standard InChI is InChI=1S/C15H29BrO/c1-3-4-5-6-9-14(2)17-13-15(12-16)10-7-8-11-15/h14H,3-13H2,1-2H3. The highest BCUT2D eigenvalue weighted by Gasteiger charge is 2.33. The summed E-state index contributed by atoms with van der Waals surface area (Å²) in [6.07, 6.45) is 12.5. The zero-order chi connectivity index (χ0) is 12.6. The molecule has 0 N–H and O–H groups in total. The van der Waals surface area contributed by atoms with E-state index in [4.69, 9.17) is 4.74 Å². The van der Waals surface area contributed by atoms with E-state index in [9.17, 15) is 0 Å². The van der Waals surface area contributed by atoms with Crippen molar-refractivity contribution in [2.75, 3.05) is 11.9 Å². The number of halogens is 1. The van der Waals surface area contributed by atoms with Gasteiger partial charge in [-0.25, -0.2) is 0 Å². The van der Waals surface area contributed by atoms with Gasteiger partial charge < -0.3 is 4.74 Å². The lowest BCUT2D eigenvalue weighted by Crippen LogP contribution is -2.27. The third-order valence-electron chi connectivity index (χ3n) is 4.09. The summed E-state index contributed by atoms with van der Waals surface area (Å²) in [7, 11) is 0. The van der Waals surface area contributed by atoms with Gasteiger partial charge in [-0.05, 0) is 26.2 Å². The minimum atomic E-state index is 0.448. The minimum absolute atomic E-state index is 0.448. The van der Waals surface area contributed by atoms with Gasteiger partial charge in [0.05, 0.1) is 12.7 Å². The Morgan fingerprint density at radius 2 is 1.88 bits per heavy atom. The lowest BCUT2D eigenvalue weighted by atomic mass is 9.90. The molecule has 17 heavy (non-hydrogen) atoms. The minimum Gasteiger partial charge on any atom is -0.378 e. The SMILES string of the molecule is CCCCCCC(C)OCC1(CBr)CCCC1. The molecule has 0 aliphatic heterocycles. The predicted molar refractivity (Wildman–Crippen MR) is 78.9 cm³/mol. The average molecular weight is 305 g/mol. The Labute approximate surface area is 116 Å². The van der Waals surface area contributed by atoms with E-state index >= 15 is 0 Å². The first kappa shape index (κ1) is 15.5. The highest BCUT2D eigenvalue weighted by Crippen LogP contribution is 2.40. The average Bonchev–Trinajstić information content (AvgIpc) is 2.82. The maximum absolute atomic E-state index is 6.07. The zero-order valence-electron chi connectivity index (χ0n) is 11.6. The van der Waals surface area contributed by atoms with Gasteiger partial charge in [-0.15, -0.1) is 0 Å². The summed E-state index contributed by atoms with van der Waals surface area (Å²) in [5.41, 5.74) is 0.456. The van der Waals surface area contributed by atoms with Crippen molar-refractivity contribution in [3.63, 3.8) is 0 Å². The van der Waals surface area contributed by atoms with E-state index in [0.29, 0.717) is 11.5 Å². The van der Waals surface area contributed by atoms with E-state index in [1.807, 2.05) is 0 Å². The smallest absolute Gasteiger partial charge is 0.0547 e. The van der Waals surface area contributed by atoms with Gasteiger partial charge in [0.1, 0.15) is 0 Å². The van der Waals surface area contributed by atoms with E-state index in [1.54, 1.807) is 0 Å². The number of rotatable bonds is 9. The third kappa shape index (κ3) is 5.74. The molecule has 1 saturated carbocycles. The molecule has 0 aromatic carbocycles. The molecule has 1 fully saturated rings. The first-order valence-corrected chi connectivity index (χ1v) is 8.52. The Kier molecular flexibility index (Phi) is 7.77. The molecule has 102 valence electrons. The van der Waals surface area contributed by atoms with Crippen LogP contribution in [0.1, 0.15) is 71.6 Å². The topological polar surface area (TPSA) is 9.23 Å². The number of ether oxygens (including phenoxy) is 1. The highest BCUT2D eigenvalue weighted by molar-refractivity contribution is 9.09. The molecule has 0 heterocycles. The van der Waals surface area contributed by atoms with Crippen molar-refractivity contribution in [3.8, 4) is 0 Å². The van der Waals surface area contributed by atoms with Crippen LogP contribution in [0.25, 0.3) is 0 Å². The van der Waals surface area contributed by atoms with Crippen LogP contribution in [0.15, 0.2) is 0 Å². The summed E-state index contributed by atoms with van der Waals surface area (Å²) < 4.78 is 6.07. The van der Waals surface area contributed by atoms with Crippen LogP contribution >= 0.6 is 15.9 Å². The Hall–Kier alpha value is 0.440. The van der Waals surface area contributed by atoms with Crippen LogP contribution in [0.3, 0.4) is 0 Å². The van der Waals surface area contributed by atoms with Crippen molar-refractivity contribution in [1.29, 1.82) is 0 Å². The largest absolute Gasteiger partial charge is 0.378 e. The van der Waals surface area contributed by atoms with E-state index < -0.39 is 0 Å². The molecule has 0 radical (unpaired) electrons. The monoisotopic (exact) mass is 304 g/mol. The number of unbranched alkanes of at least 4 members (excludes halogenated alkanes) is 3. The fourth-order valence-electron chi connectivity index (χ4n) is 2.70. The molecule has 0 aromatic heterocycles. The van der Waals surface area contributed by atoms with Crippen LogP contribution in [0.4, 0.5) is 0 Å². The molecule has 0 bridgehead atoms. The molecule has 1 nitrogen and oxygen atoms in total. The zero-order valence-corrected chi connectivity index (χ0v) is 13.2. The van der Waals surface area contributed by atoms with Gasteiger partial charge >= 0.3 is 0 Å². The van der Waals surface area contributed by atoms with Crippen LogP contribution in [0, 0.1) is 5.41 Å². The van der Waals surface area contributed by atoms with Crippen LogP contribution in [-0.4, -0.2) is 18.0 Å². The molecule has 1 unspecified atom stereocenters. The van der Waals surface area contributed by atoms with Gasteiger partial charge in [-0.1, -0.05) is 61.4 Å². The van der Waals surface area contributed by atoms with Crippen molar-refractivity contribution in [3.05, 3.63) is 0 Å². The third-order valence-corrected chi connectivity index (χ3v) is 5.28. The Balaban J connectivity index is 2.11. The maximum Gasteiger partial charge on any atom is 0.0547 e. The summed E-state index contributed by atoms with van der Waals surface area (Å²) in [6.45, 7) is 5.47. The summed E-state index contributed by atoms with van der Waals surface area (Å²) in [4.78, 5) is 0. The molecule has 1 aliphatic carbocycles. The van der Waals surface area contributed by atoms with Crippen molar-refractivity contribution in [2.24, 2.45) is 5.41 Å². The first-order chi connectivity index (χ1) is 8.22. The summed E-state index contributed by atoms with van der Waals surface area (Å²) in [6, 6.07) is 0. The molecule has 1 rings (SSSR count). The summed E-state index contributed by atoms with van der Waals surface area (Å²) >= 11 is 3.68. The Morgan fingerprint density at radius 1 is 1.18 bits per heavy atom. The van der Waals surface area contributed by atoms with Gasteiger partial charge in [0.25, 0.3) is 0 Å². The van der Waals surface area contributed by atoms with Crippen molar-refractivity contribution < 1.29 is 4.74 Å². The van der Waals surface area contributed by atoms with E-state index in [1.165, 1.54) is 57.8 Å². The Morgan fingerprint density at radius 3 is 2.47 bits per heavy atom. The second-order valence-corrected chi connectivity index (χ2v) is 6.37. The van der Waals surface area contributed by atoms with E-state index in [-0.39, 0.29) is 0 Å². The van der Waals surface area contributed by atoms with Gasteiger partial charge in [0, 0.05) is 10.7 Å². The second-order valence-electron chi connectivity index (χ2n) is 5.81. The van der Waals surface area contributed by atoms with Gasteiger partial charge in [0.2, 0.25) is 0 Å². The summed E-state index contributed by atoms with van der Waals surface area (Å²) in [5, 5.41) is 1.11. The molecule has 2 heteroatoms. The van der Waals surface area contributed by atoms with Gasteiger partial charge in [0.15, 0.2) is 0 Å². The van der Waals surface area contributed by atoms with Gasteiger partial charge in [-0.2, -0.15) is 0 Å². The molecule has 0 saturated heterocycles. The molecule has 1 atom stereocenters. The van der Waals surface area contributed by atoms with Crippen LogP contribution in [0.2, 0.25) is 0 Å². The van der Waals surface area contributed by atoms with Crippen LogP contribution < -0.4 is 0 Å². The molecule has 1 aliphatic rings. The number of alkyl halides is 1. The normalized spacial score (nSPS) is 20.6. The number of hydrogen-bond donors (Lipinski definition) is 0. The van der Waals surface area contributed by atoms with Crippen molar-refractivity contribution in [2.45, 2.75) is 77.7 Å². The molecule has 0 amide bonds. The van der Waals surface area contributed by atoms with E-state index in [2.05, 4.69) is 29.8 Å². The van der Waals surface area contributed by atoms with Gasteiger partial charge in [-0.3, -0.25) is 0 Å². The van der Waals surface area contributed by atoms with Crippen molar-refractivity contribution >= 4 is 15.9 Å². The molecule has 0 aromatic rings. The maximum atomic E-state index is 6.07. The number of hydrogen-bond acceptors (Lipinski definition) is 1. The second kappa shape index (κ2) is 8.53. The van der Waals surface area contributed by atoms with Crippen LogP contribution in [-0.2, 0) is 4.74 Å². The molecule has 0 spiro atoms. The predicted octanol–water partition coefficient (Wildman–Crippen LogP) is 5.32.